The average molecular weight is 312 g/mol. The van der Waals surface area contributed by atoms with Crippen molar-refractivity contribution in [2.24, 2.45) is 0 Å². The van der Waals surface area contributed by atoms with Crippen LogP contribution in [0, 0.1) is 11.6 Å². The normalized spacial score (nSPS) is 11.2. The Morgan fingerprint density at radius 3 is 2.29 bits per heavy atom. The third-order valence-electron chi connectivity index (χ3n) is 2.69. The van der Waals surface area contributed by atoms with Gasteiger partial charge in [-0.1, -0.05) is 18.2 Å². The highest BCUT2D eigenvalue weighted by atomic mass is 32.2. The Morgan fingerprint density at radius 2 is 1.67 bits per heavy atom. The molecule has 2 aromatic rings. The molecule has 2 aromatic carbocycles. The van der Waals surface area contributed by atoms with Gasteiger partial charge >= 0.3 is 0 Å². The molecule has 7 heteroatoms. The van der Waals surface area contributed by atoms with Crippen LogP contribution in [0.4, 0.5) is 20.2 Å². The third-order valence-corrected chi connectivity index (χ3v) is 3.28. The van der Waals surface area contributed by atoms with E-state index in [1.165, 1.54) is 6.07 Å². The van der Waals surface area contributed by atoms with Crippen molar-refractivity contribution >= 4 is 21.4 Å². The Balaban J connectivity index is 2.14. The standard InChI is InChI=1S/C14H14F2N2O2S/c1-21(19,20)18-14-5-3-2-4-13(14)17-9-10-6-7-11(15)12(16)8-10/h2-8,17-18H,9H2,1H3. The van der Waals surface area contributed by atoms with Crippen LogP contribution in [0.1, 0.15) is 5.56 Å². The zero-order valence-corrected chi connectivity index (χ0v) is 12.0. The number of halogens is 2. The van der Waals surface area contributed by atoms with Gasteiger partial charge in [0.25, 0.3) is 0 Å². The fraction of sp³-hybridized carbons (Fsp3) is 0.143. The summed E-state index contributed by atoms with van der Waals surface area (Å²) in [6.07, 6.45) is 1.05. The molecule has 112 valence electrons. The number of anilines is 2. The molecule has 2 rings (SSSR count). The molecule has 0 saturated heterocycles. The first-order chi connectivity index (χ1) is 9.85. The summed E-state index contributed by atoms with van der Waals surface area (Å²) in [4.78, 5) is 0. The molecule has 2 N–H and O–H groups in total. The predicted octanol–water partition coefficient (Wildman–Crippen LogP) is 2.95. The second-order valence-electron chi connectivity index (χ2n) is 4.52. The molecule has 0 saturated carbocycles. The molecule has 0 fully saturated rings. The van der Waals surface area contributed by atoms with Crippen LogP contribution in [0.2, 0.25) is 0 Å². The highest BCUT2D eigenvalue weighted by molar-refractivity contribution is 7.92. The Morgan fingerprint density at radius 1 is 1.00 bits per heavy atom. The summed E-state index contributed by atoms with van der Waals surface area (Å²) in [5.41, 5.74) is 1.48. The zero-order valence-electron chi connectivity index (χ0n) is 11.2. The highest BCUT2D eigenvalue weighted by Gasteiger charge is 2.07. The van der Waals surface area contributed by atoms with Gasteiger partial charge in [0.05, 0.1) is 17.6 Å². The maximum Gasteiger partial charge on any atom is 0.229 e. The number of nitrogens with one attached hydrogen (secondary N) is 2. The molecule has 0 unspecified atom stereocenters. The number of rotatable bonds is 5. The van der Waals surface area contributed by atoms with E-state index in [0.717, 1.165) is 18.4 Å². The SMILES string of the molecule is CS(=O)(=O)Nc1ccccc1NCc1ccc(F)c(F)c1. The molecule has 0 heterocycles. The molecule has 0 amide bonds. The van der Waals surface area contributed by atoms with Crippen LogP contribution in [-0.2, 0) is 16.6 Å². The Kier molecular flexibility index (Phi) is 4.42. The summed E-state index contributed by atoms with van der Waals surface area (Å²) >= 11 is 0. The molecule has 0 aromatic heterocycles. The quantitative estimate of drug-likeness (QED) is 0.892. The van der Waals surface area contributed by atoms with Crippen molar-refractivity contribution < 1.29 is 17.2 Å². The second kappa shape index (κ2) is 6.09. The molecule has 0 aliphatic heterocycles. The van der Waals surface area contributed by atoms with Crippen molar-refractivity contribution in [1.82, 2.24) is 0 Å². The van der Waals surface area contributed by atoms with Crippen LogP contribution < -0.4 is 10.0 Å². The summed E-state index contributed by atoms with van der Waals surface area (Å²) in [6.45, 7) is 0.236. The first kappa shape index (κ1) is 15.2. The lowest BCUT2D eigenvalue weighted by Gasteiger charge is -2.12. The topological polar surface area (TPSA) is 58.2 Å². The van der Waals surface area contributed by atoms with E-state index in [1.807, 2.05) is 0 Å². The molecule has 0 radical (unpaired) electrons. The van der Waals surface area contributed by atoms with Gasteiger partial charge in [0.15, 0.2) is 11.6 Å². The summed E-state index contributed by atoms with van der Waals surface area (Å²) in [6, 6.07) is 10.3. The van der Waals surface area contributed by atoms with Crippen molar-refractivity contribution in [1.29, 1.82) is 0 Å². The fourth-order valence-electron chi connectivity index (χ4n) is 1.77. The smallest absolute Gasteiger partial charge is 0.229 e. The van der Waals surface area contributed by atoms with E-state index in [9.17, 15) is 17.2 Å². The maximum absolute atomic E-state index is 13.1. The number of sulfonamides is 1. The van der Waals surface area contributed by atoms with Crippen molar-refractivity contribution in [2.45, 2.75) is 6.54 Å². The van der Waals surface area contributed by atoms with E-state index < -0.39 is 21.7 Å². The van der Waals surface area contributed by atoms with Gasteiger partial charge in [-0.15, -0.1) is 0 Å². The van der Waals surface area contributed by atoms with Gasteiger partial charge in [-0.2, -0.15) is 0 Å². The van der Waals surface area contributed by atoms with E-state index in [1.54, 1.807) is 24.3 Å². The van der Waals surface area contributed by atoms with Gasteiger partial charge in [-0.05, 0) is 29.8 Å². The van der Waals surface area contributed by atoms with Gasteiger partial charge in [0.1, 0.15) is 0 Å². The lowest BCUT2D eigenvalue weighted by atomic mass is 10.2. The van der Waals surface area contributed by atoms with E-state index >= 15 is 0 Å². The van der Waals surface area contributed by atoms with Crippen LogP contribution in [0.15, 0.2) is 42.5 Å². The summed E-state index contributed by atoms with van der Waals surface area (Å²) in [5.74, 6) is -1.82. The van der Waals surface area contributed by atoms with E-state index in [4.69, 9.17) is 0 Å². The lowest BCUT2D eigenvalue weighted by Crippen LogP contribution is -2.12. The molecule has 0 aliphatic rings. The lowest BCUT2D eigenvalue weighted by molar-refractivity contribution is 0.507. The van der Waals surface area contributed by atoms with Crippen LogP contribution >= 0.6 is 0 Å². The summed E-state index contributed by atoms with van der Waals surface area (Å²) < 4.78 is 50.9. The minimum absolute atomic E-state index is 0.236. The minimum Gasteiger partial charge on any atom is -0.379 e. The number of hydrogen-bond acceptors (Lipinski definition) is 3. The summed E-state index contributed by atoms with van der Waals surface area (Å²) in [5, 5.41) is 2.98. The Hall–Kier alpha value is -2.15. The maximum atomic E-state index is 13.1. The minimum atomic E-state index is -3.39. The second-order valence-corrected chi connectivity index (χ2v) is 6.27. The van der Waals surface area contributed by atoms with Crippen LogP contribution in [0.25, 0.3) is 0 Å². The monoisotopic (exact) mass is 312 g/mol. The van der Waals surface area contributed by atoms with Crippen LogP contribution in [0.3, 0.4) is 0 Å². The first-order valence-corrected chi connectivity index (χ1v) is 7.99. The zero-order chi connectivity index (χ0) is 15.5. The molecule has 0 aliphatic carbocycles. The number of benzene rings is 2. The van der Waals surface area contributed by atoms with E-state index in [-0.39, 0.29) is 6.54 Å². The third kappa shape index (κ3) is 4.42. The number of para-hydroxylation sites is 2. The van der Waals surface area contributed by atoms with Crippen molar-refractivity contribution in [3.05, 3.63) is 59.7 Å². The van der Waals surface area contributed by atoms with Gasteiger partial charge in [-0.25, -0.2) is 17.2 Å². The van der Waals surface area contributed by atoms with Crippen molar-refractivity contribution in [3.63, 3.8) is 0 Å². The van der Waals surface area contributed by atoms with Crippen molar-refractivity contribution in [3.8, 4) is 0 Å². The fourth-order valence-corrected chi connectivity index (χ4v) is 2.35. The van der Waals surface area contributed by atoms with Gasteiger partial charge in [0, 0.05) is 6.54 Å². The molecule has 21 heavy (non-hydrogen) atoms. The highest BCUT2D eigenvalue weighted by Crippen LogP contribution is 2.22. The molecular formula is C14H14F2N2O2S. The molecule has 0 spiro atoms. The first-order valence-electron chi connectivity index (χ1n) is 6.10. The molecule has 4 nitrogen and oxygen atoms in total. The Bertz CT molecular complexity index is 748. The Labute approximate surface area is 121 Å². The largest absolute Gasteiger partial charge is 0.379 e. The van der Waals surface area contributed by atoms with E-state index in [2.05, 4.69) is 10.0 Å². The summed E-state index contributed by atoms with van der Waals surface area (Å²) in [7, 11) is -3.39. The van der Waals surface area contributed by atoms with Crippen LogP contribution in [-0.4, -0.2) is 14.7 Å². The average Bonchev–Trinajstić information content (AvgIpc) is 2.40. The van der Waals surface area contributed by atoms with Crippen molar-refractivity contribution in [2.75, 3.05) is 16.3 Å². The molecule has 0 atom stereocenters. The van der Waals surface area contributed by atoms with Gasteiger partial charge in [0.2, 0.25) is 10.0 Å². The van der Waals surface area contributed by atoms with Gasteiger partial charge in [-0.3, -0.25) is 4.72 Å². The molecular weight excluding hydrogens is 298 g/mol. The van der Waals surface area contributed by atoms with Gasteiger partial charge < -0.3 is 5.32 Å². The molecule has 0 bridgehead atoms. The van der Waals surface area contributed by atoms with E-state index in [0.29, 0.717) is 16.9 Å². The predicted molar refractivity (Wildman–Crippen MR) is 78.6 cm³/mol. The van der Waals surface area contributed by atoms with Crippen LogP contribution in [0.5, 0.6) is 0 Å². The number of hydrogen-bond donors (Lipinski definition) is 2.